The number of aliphatic hydroxyl groups excluding tert-OH is 1. The molecule has 0 aliphatic carbocycles. The second kappa shape index (κ2) is 7.11. The van der Waals surface area contributed by atoms with E-state index in [4.69, 9.17) is 10.5 Å². The van der Waals surface area contributed by atoms with E-state index in [1.807, 2.05) is 30.3 Å². The predicted octanol–water partition coefficient (Wildman–Crippen LogP) is 1.03. The van der Waals surface area contributed by atoms with Crippen LogP contribution >= 0.6 is 11.8 Å². The Balaban J connectivity index is 1.78. The summed E-state index contributed by atoms with van der Waals surface area (Å²) >= 11 is 1.40. The molecule has 0 bridgehead atoms. The van der Waals surface area contributed by atoms with E-state index in [1.165, 1.54) is 11.8 Å². The van der Waals surface area contributed by atoms with Gasteiger partial charge in [0.1, 0.15) is 5.44 Å². The SMILES string of the molecule is N[C@@H](CN1CCOCC1)S[C@@H](O)c1ccccc1. The van der Waals surface area contributed by atoms with Gasteiger partial charge in [-0.3, -0.25) is 4.90 Å². The fourth-order valence-corrected chi connectivity index (χ4v) is 2.89. The summed E-state index contributed by atoms with van der Waals surface area (Å²) in [7, 11) is 0. The lowest BCUT2D eigenvalue weighted by Crippen LogP contribution is -2.42. The van der Waals surface area contributed by atoms with Gasteiger partial charge < -0.3 is 15.6 Å². The molecule has 1 aromatic carbocycles. The van der Waals surface area contributed by atoms with Crippen molar-refractivity contribution in [1.29, 1.82) is 0 Å². The third kappa shape index (κ3) is 4.26. The van der Waals surface area contributed by atoms with Crippen LogP contribution in [0.3, 0.4) is 0 Å². The van der Waals surface area contributed by atoms with Crippen LogP contribution in [0.15, 0.2) is 30.3 Å². The van der Waals surface area contributed by atoms with Crippen LogP contribution in [-0.4, -0.2) is 48.2 Å². The number of thioether (sulfide) groups is 1. The third-order valence-corrected chi connectivity index (χ3v) is 3.96. The maximum absolute atomic E-state index is 10.1. The number of hydrogen-bond donors (Lipinski definition) is 2. The zero-order valence-corrected chi connectivity index (χ0v) is 11.2. The van der Waals surface area contributed by atoms with Crippen LogP contribution in [0.5, 0.6) is 0 Å². The van der Waals surface area contributed by atoms with Crippen molar-refractivity contribution in [2.75, 3.05) is 32.8 Å². The second-order valence-corrected chi connectivity index (χ2v) is 5.67. The first kappa shape index (κ1) is 13.8. The molecule has 1 heterocycles. The molecule has 0 unspecified atom stereocenters. The summed E-state index contributed by atoms with van der Waals surface area (Å²) in [6.07, 6.45) is 0. The third-order valence-electron chi connectivity index (χ3n) is 2.93. The number of rotatable bonds is 5. The average molecular weight is 268 g/mol. The minimum atomic E-state index is -0.553. The average Bonchev–Trinajstić information content (AvgIpc) is 2.40. The molecule has 2 atom stereocenters. The Morgan fingerprint density at radius 2 is 1.94 bits per heavy atom. The second-order valence-electron chi connectivity index (χ2n) is 4.35. The number of aliphatic hydroxyl groups is 1. The molecule has 1 saturated heterocycles. The minimum Gasteiger partial charge on any atom is -0.379 e. The van der Waals surface area contributed by atoms with Gasteiger partial charge in [-0.25, -0.2) is 0 Å². The zero-order valence-electron chi connectivity index (χ0n) is 10.4. The maximum Gasteiger partial charge on any atom is 0.126 e. The highest BCUT2D eigenvalue weighted by atomic mass is 32.2. The maximum atomic E-state index is 10.1. The normalized spacial score (nSPS) is 20.6. The quantitative estimate of drug-likeness (QED) is 0.781. The van der Waals surface area contributed by atoms with Gasteiger partial charge in [-0.05, 0) is 5.56 Å². The van der Waals surface area contributed by atoms with Crippen LogP contribution in [0.2, 0.25) is 0 Å². The Morgan fingerprint density at radius 1 is 1.28 bits per heavy atom. The van der Waals surface area contributed by atoms with Gasteiger partial charge in [0.2, 0.25) is 0 Å². The molecule has 4 nitrogen and oxygen atoms in total. The van der Waals surface area contributed by atoms with Crippen LogP contribution in [0, 0.1) is 0 Å². The first-order valence-corrected chi connectivity index (χ1v) is 7.14. The van der Waals surface area contributed by atoms with Gasteiger partial charge in [0.25, 0.3) is 0 Å². The highest BCUT2D eigenvalue weighted by Crippen LogP contribution is 2.27. The molecule has 0 amide bonds. The van der Waals surface area contributed by atoms with E-state index in [9.17, 15) is 5.11 Å². The standard InChI is InChI=1S/C13H20N2O2S/c14-12(10-15-6-8-17-9-7-15)18-13(16)11-4-2-1-3-5-11/h1-5,12-13,16H,6-10,14H2/t12-,13-/m1/s1. The molecule has 0 aromatic heterocycles. The Kier molecular flexibility index (Phi) is 5.46. The van der Waals surface area contributed by atoms with E-state index < -0.39 is 5.44 Å². The summed E-state index contributed by atoms with van der Waals surface area (Å²) in [6, 6.07) is 9.62. The fraction of sp³-hybridized carbons (Fsp3) is 0.538. The van der Waals surface area contributed by atoms with Crippen molar-refractivity contribution in [3.05, 3.63) is 35.9 Å². The van der Waals surface area contributed by atoms with Gasteiger partial charge in [0.15, 0.2) is 0 Å². The van der Waals surface area contributed by atoms with Crippen molar-refractivity contribution in [1.82, 2.24) is 4.90 Å². The van der Waals surface area contributed by atoms with Crippen LogP contribution in [0.1, 0.15) is 11.0 Å². The molecule has 1 aliphatic heterocycles. The summed E-state index contributed by atoms with van der Waals surface area (Å²) in [4.78, 5) is 2.28. The topological polar surface area (TPSA) is 58.7 Å². The lowest BCUT2D eigenvalue weighted by atomic mass is 10.2. The van der Waals surface area contributed by atoms with E-state index in [-0.39, 0.29) is 5.37 Å². The molecule has 100 valence electrons. The number of ether oxygens (including phenoxy) is 1. The summed E-state index contributed by atoms with van der Waals surface area (Å²) in [5, 5.41) is 9.98. The van der Waals surface area contributed by atoms with Gasteiger partial charge in [-0.15, -0.1) is 11.8 Å². The lowest BCUT2D eigenvalue weighted by molar-refractivity contribution is 0.0382. The highest BCUT2D eigenvalue weighted by Gasteiger charge is 2.17. The number of nitrogens with zero attached hydrogens (tertiary/aromatic N) is 1. The smallest absolute Gasteiger partial charge is 0.126 e. The van der Waals surface area contributed by atoms with Crippen molar-refractivity contribution < 1.29 is 9.84 Å². The van der Waals surface area contributed by atoms with Gasteiger partial charge in [-0.1, -0.05) is 30.3 Å². The number of hydrogen-bond acceptors (Lipinski definition) is 5. The lowest BCUT2D eigenvalue weighted by Gasteiger charge is -2.29. The van der Waals surface area contributed by atoms with E-state index in [0.29, 0.717) is 0 Å². The van der Waals surface area contributed by atoms with Crippen LogP contribution in [0.25, 0.3) is 0 Å². The largest absolute Gasteiger partial charge is 0.379 e. The summed E-state index contributed by atoms with van der Waals surface area (Å²) in [5.74, 6) is 0. The van der Waals surface area contributed by atoms with Gasteiger partial charge in [-0.2, -0.15) is 0 Å². The van der Waals surface area contributed by atoms with E-state index in [0.717, 1.165) is 38.4 Å². The van der Waals surface area contributed by atoms with Crippen LogP contribution in [0.4, 0.5) is 0 Å². The molecule has 2 rings (SSSR count). The van der Waals surface area contributed by atoms with Crippen molar-refractivity contribution in [2.45, 2.75) is 10.8 Å². The zero-order chi connectivity index (χ0) is 12.8. The summed E-state index contributed by atoms with van der Waals surface area (Å²) in [6.45, 7) is 4.19. The fourth-order valence-electron chi connectivity index (χ4n) is 1.94. The number of morpholine rings is 1. The minimum absolute atomic E-state index is 0.0849. The van der Waals surface area contributed by atoms with Crippen molar-refractivity contribution in [2.24, 2.45) is 5.73 Å². The Hall–Kier alpha value is -0.590. The molecule has 3 N–H and O–H groups in total. The molecule has 1 aliphatic rings. The monoisotopic (exact) mass is 268 g/mol. The van der Waals surface area contributed by atoms with Crippen LogP contribution < -0.4 is 5.73 Å². The number of nitrogens with two attached hydrogens (primary N) is 1. The Bertz CT molecular complexity index is 344. The first-order valence-electron chi connectivity index (χ1n) is 6.20. The van der Waals surface area contributed by atoms with Gasteiger partial charge in [0, 0.05) is 19.6 Å². The summed E-state index contributed by atoms with van der Waals surface area (Å²) < 4.78 is 5.29. The molecule has 0 radical (unpaired) electrons. The van der Waals surface area contributed by atoms with E-state index >= 15 is 0 Å². The molecule has 0 spiro atoms. The molecule has 0 saturated carbocycles. The Morgan fingerprint density at radius 3 is 2.61 bits per heavy atom. The van der Waals surface area contributed by atoms with E-state index in [2.05, 4.69) is 4.90 Å². The number of benzene rings is 1. The molecule has 1 fully saturated rings. The first-order chi connectivity index (χ1) is 8.75. The van der Waals surface area contributed by atoms with E-state index in [1.54, 1.807) is 0 Å². The van der Waals surface area contributed by atoms with Crippen molar-refractivity contribution in [3.8, 4) is 0 Å². The molecule has 1 aromatic rings. The van der Waals surface area contributed by atoms with Gasteiger partial charge in [0.05, 0.1) is 18.6 Å². The molecule has 18 heavy (non-hydrogen) atoms. The van der Waals surface area contributed by atoms with Crippen molar-refractivity contribution >= 4 is 11.8 Å². The predicted molar refractivity (Wildman–Crippen MR) is 74.2 cm³/mol. The van der Waals surface area contributed by atoms with Gasteiger partial charge >= 0.3 is 0 Å². The molecular weight excluding hydrogens is 248 g/mol. The highest BCUT2D eigenvalue weighted by molar-refractivity contribution is 7.99. The molecular formula is C13H20N2O2S. The van der Waals surface area contributed by atoms with Crippen molar-refractivity contribution in [3.63, 3.8) is 0 Å². The molecule has 5 heteroatoms. The Labute approximate surface area is 112 Å². The van der Waals surface area contributed by atoms with Crippen LogP contribution in [-0.2, 0) is 4.74 Å². The summed E-state index contributed by atoms with van der Waals surface area (Å²) in [5.41, 5.74) is 6.41.